The van der Waals surface area contributed by atoms with Gasteiger partial charge in [-0.3, -0.25) is 13.9 Å². The van der Waals surface area contributed by atoms with Gasteiger partial charge in [-0.25, -0.2) is 8.42 Å². The molecule has 0 fully saturated rings. The fourth-order valence-electron chi connectivity index (χ4n) is 3.55. The van der Waals surface area contributed by atoms with Crippen LogP contribution in [-0.4, -0.2) is 27.3 Å². The van der Waals surface area contributed by atoms with Gasteiger partial charge < -0.3 is 10.6 Å². The van der Waals surface area contributed by atoms with Crippen molar-refractivity contribution in [1.82, 2.24) is 0 Å². The summed E-state index contributed by atoms with van der Waals surface area (Å²) in [4.78, 5) is 25.6. The molecule has 4 rings (SSSR count). The summed E-state index contributed by atoms with van der Waals surface area (Å²) < 4.78 is 27.4. The molecule has 7 nitrogen and oxygen atoms in total. The lowest BCUT2D eigenvalue weighted by Crippen LogP contribution is -2.26. The van der Waals surface area contributed by atoms with Gasteiger partial charge in [0.1, 0.15) is 0 Å². The monoisotopic (exact) mass is 499 g/mol. The van der Waals surface area contributed by atoms with Crippen LogP contribution < -0.4 is 14.9 Å². The van der Waals surface area contributed by atoms with Gasteiger partial charge in [0.05, 0.1) is 10.6 Å². The smallest absolute Gasteiger partial charge is 0.264 e. The second-order valence-corrected chi connectivity index (χ2v) is 10.1. The van der Waals surface area contributed by atoms with Gasteiger partial charge in [0, 0.05) is 29.5 Å². The van der Waals surface area contributed by atoms with Crippen LogP contribution in [0.2, 0.25) is 0 Å². The zero-order chi connectivity index (χ0) is 25.7. The molecule has 36 heavy (non-hydrogen) atoms. The standard InChI is InChI=1S/C28H25N3O4S/c1-20-16-17-22(18-26(20)30-27(32)21-10-5-3-6-11-21)28(33)29-23-12-9-15-25(19-23)36(34,35)31(2)24-13-7-4-8-14-24/h3-19H,1-2H3,(H,29,33)(H,30,32). The number of nitrogens with zero attached hydrogens (tertiary/aromatic N) is 1. The van der Waals surface area contributed by atoms with Crippen LogP contribution in [0.4, 0.5) is 17.1 Å². The molecule has 182 valence electrons. The van der Waals surface area contributed by atoms with E-state index in [9.17, 15) is 18.0 Å². The number of anilines is 3. The third-order valence-electron chi connectivity index (χ3n) is 5.65. The van der Waals surface area contributed by atoms with Gasteiger partial charge in [-0.05, 0) is 67.1 Å². The molecule has 0 aliphatic heterocycles. The average Bonchev–Trinajstić information content (AvgIpc) is 2.90. The van der Waals surface area contributed by atoms with E-state index in [4.69, 9.17) is 0 Å². The third-order valence-corrected chi connectivity index (χ3v) is 7.44. The minimum atomic E-state index is -3.83. The minimum Gasteiger partial charge on any atom is -0.322 e. The van der Waals surface area contributed by atoms with Crippen molar-refractivity contribution in [2.75, 3.05) is 22.0 Å². The van der Waals surface area contributed by atoms with Gasteiger partial charge in [0.15, 0.2) is 0 Å². The normalized spacial score (nSPS) is 10.9. The van der Waals surface area contributed by atoms with Gasteiger partial charge in [-0.15, -0.1) is 0 Å². The maximum absolute atomic E-state index is 13.1. The fourth-order valence-corrected chi connectivity index (χ4v) is 4.80. The molecule has 0 atom stereocenters. The number of sulfonamides is 1. The molecule has 2 amide bonds. The molecular weight excluding hydrogens is 474 g/mol. The van der Waals surface area contributed by atoms with Crippen molar-refractivity contribution in [1.29, 1.82) is 0 Å². The van der Waals surface area contributed by atoms with E-state index in [1.54, 1.807) is 78.9 Å². The highest BCUT2D eigenvalue weighted by Gasteiger charge is 2.22. The molecule has 0 aromatic heterocycles. The second-order valence-electron chi connectivity index (χ2n) is 8.14. The van der Waals surface area contributed by atoms with E-state index < -0.39 is 15.9 Å². The number of hydrogen-bond acceptors (Lipinski definition) is 4. The average molecular weight is 500 g/mol. The van der Waals surface area contributed by atoms with E-state index in [0.29, 0.717) is 28.2 Å². The SMILES string of the molecule is Cc1ccc(C(=O)Nc2cccc(S(=O)(=O)N(C)c3ccccc3)c2)cc1NC(=O)c1ccccc1. The Kier molecular flexibility index (Phi) is 7.17. The van der Waals surface area contributed by atoms with Crippen LogP contribution in [0.25, 0.3) is 0 Å². The Hall–Kier alpha value is -4.43. The molecule has 0 saturated heterocycles. The number of nitrogens with one attached hydrogen (secondary N) is 2. The van der Waals surface area contributed by atoms with Crippen molar-refractivity contribution in [3.8, 4) is 0 Å². The van der Waals surface area contributed by atoms with Gasteiger partial charge in [0.25, 0.3) is 21.8 Å². The molecule has 0 aliphatic rings. The van der Waals surface area contributed by atoms with Gasteiger partial charge in [-0.2, -0.15) is 0 Å². The molecule has 2 N–H and O–H groups in total. The molecule has 0 spiro atoms. The van der Waals surface area contributed by atoms with Crippen molar-refractivity contribution >= 4 is 38.9 Å². The Balaban J connectivity index is 1.53. The summed E-state index contributed by atoms with van der Waals surface area (Å²) in [6.45, 7) is 1.83. The van der Waals surface area contributed by atoms with E-state index in [1.807, 2.05) is 19.1 Å². The first-order valence-electron chi connectivity index (χ1n) is 11.2. The number of rotatable bonds is 7. The lowest BCUT2D eigenvalue weighted by atomic mass is 10.1. The van der Waals surface area contributed by atoms with E-state index in [-0.39, 0.29) is 10.8 Å². The van der Waals surface area contributed by atoms with Crippen LogP contribution in [-0.2, 0) is 10.0 Å². The summed E-state index contributed by atoms with van der Waals surface area (Å²) in [6.07, 6.45) is 0. The van der Waals surface area contributed by atoms with Crippen molar-refractivity contribution in [3.05, 3.63) is 120 Å². The summed E-state index contributed by atoms with van der Waals surface area (Å²) >= 11 is 0. The van der Waals surface area contributed by atoms with E-state index >= 15 is 0 Å². The number of para-hydroxylation sites is 1. The highest BCUT2D eigenvalue weighted by atomic mass is 32.2. The molecule has 0 unspecified atom stereocenters. The van der Waals surface area contributed by atoms with Crippen molar-refractivity contribution in [2.24, 2.45) is 0 Å². The first-order valence-corrected chi connectivity index (χ1v) is 12.6. The number of carbonyl (C=O) groups excluding carboxylic acids is 2. The molecule has 8 heteroatoms. The molecule has 0 saturated carbocycles. The lowest BCUT2D eigenvalue weighted by molar-refractivity contribution is 0.101. The molecule has 0 bridgehead atoms. The van der Waals surface area contributed by atoms with Crippen LogP contribution in [0.5, 0.6) is 0 Å². The summed E-state index contributed by atoms with van der Waals surface area (Å²) in [6, 6.07) is 28.6. The summed E-state index contributed by atoms with van der Waals surface area (Å²) in [5, 5.41) is 5.59. The van der Waals surface area contributed by atoms with Crippen LogP contribution >= 0.6 is 0 Å². The highest BCUT2D eigenvalue weighted by Crippen LogP contribution is 2.24. The molecule has 4 aromatic carbocycles. The van der Waals surface area contributed by atoms with Crippen molar-refractivity contribution in [2.45, 2.75) is 11.8 Å². The zero-order valence-corrected chi connectivity index (χ0v) is 20.6. The van der Waals surface area contributed by atoms with E-state index in [1.165, 1.54) is 23.5 Å². The maximum Gasteiger partial charge on any atom is 0.264 e. The zero-order valence-electron chi connectivity index (χ0n) is 19.8. The predicted octanol–water partition coefficient (Wildman–Crippen LogP) is 5.32. The first kappa shape index (κ1) is 24.7. The number of benzene rings is 4. The van der Waals surface area contributed by atoms with Crippen LogP contribution in [0.3, 0.4) is 0 Å². The second kappa shape index (κ2) is 10.5. The number of amides is 2. The van der Waals surface area contributed by atoms with E-state index in [2.05, 4.69) is 10.6 Å². The van der Waals surface area contributed by atoms with Gasteiger partial charge >= 0.3 is 0 Å². The molecule has 0 aliphatic carbocycles. The van der Waals surface area contributed by atoms with Crippen LogP contribution in [0.15, 0.2) is 108 Å². The quantitative estimate of drug-likeness (QED) is 0.360. The van der Waals surface area contributed by atoms with Crippen LogP contribution in [0, 0.1) is 6.92 Å². The number of hydrogen-bond donors (Lipinski definition) is 2. The predicted molar refractivity (Wildman–Crippen MR) is 142 cm³/mol. The Bertz CT molecular complexity index is 1500. The number of aryl methyl sites for hydroxylation is 1. The molecule has 0 heterocycles. The minimum absolute atomic E-state index is 0.0476. The highest BCUT2D eigenvalue weighted by molar-refractivity contribution is 7.92. The Morgan fingerprint density at radius 3 is 2.03 bits per heavy atom. The first-order chi connectivity index (χ1) is 17.3. The summed E-state index contributed by atoms with van der Waals surface area (Å²) in [5.41, 5.74) is 2.99. The Morgan fingerprint density at radius 1 is 0.694 bits per heavy atom. The largest absolute Gasteiger partial charge is 0.322 e. The lowest BCUT2D eigenvalue weighted by Gasteiger charge is -2.20. The third kappa shape index (κ3) is 5.45. The van der Waals surface area contributed by atoms with E-state index in [0.717, 1.165) is 5.56 Å². The Labute approximate surface area is 210 Å². The van der Waals surface area contributed by atoms with Crippen molar-refractivity contribution in [3.63, 3.8) is 0 Å². The van der Waals surface area contributed by atoms with Crippen LogP contribution in [0.1, 0.15) is 26.3 Å². The summed E-state index contributed by atoms with van der Waals surface area (Å²) in [5.74, 6) is -0.715. The maximum atomic E-state index is 13.1. The number of carbonyl (C=O) groups is 2. The van der Waals surface area contributed by atoms with Gasteiger partial charge in [-0.1, -0.05) is 48.5 Å². The molecule has 0 radical (unpaired) electrons. The fraction of sp³-hybridized carbons (Fsp3) is 0.0714. The molecule has 4 aromatic rings. The topological polar surface area (TPSA) is 95.6 Å². The Morgan fingerprint density at radius 2 is 1.33 bits per heavy atom. The van der Waals surface area contributed by atoms with Crippen molar-refractivity contribution < 1.29 is 18.0 Å². The van der Waals surface area contributed by atoms with Gasteiger partial charge in [0.2, 0.25) is 0 Å². The molecular formula is C28H25N3O4S. The summed E-state index contributed by atoms with van der Waals surface area (Å²) in [7, 11) is -2.35.